The average Bonchev–Trinajstić information content (AvgIpc) is 3.54. The summed E-state index contributed by atoms with van der Waals surface area (Å²) in [5.74, 6) is -2.81. The first-order valence-electron chi connectivity index (χ1n) is 15.6. The number of alkyl carbamates (subject to hydrolysis) is 1. The van der Waals surface area contributed by atoms with Crippen molar-refractivity contribution in [3.63, 3.8) is 0 Å². The van der Waals surface area contributed by atoms with Crippen molar-refractivity contribution in [1.82, 2.24) is 15.5 Å². The summed E-state index contributed by atoms with van der Waals surface area (Å²) in [5.41, 5.74) is -1.87. The summed E-state index contributed by atoms with van der Waals surface area (Å²) < 4.78 is 11.5. The van der Waals surface area contributed by atoms with E-state index >= 15 is 0 Å². The molecule has 0 radical (unpaired) electrons. The highest BCUT2D eigenvalue weighted by Crippen LogP contribution is 2.45. The maximum atomic E-state index is 14.3. The quantitative estimate of drug-likeness (QED) is 0.184. The molecule has 1 saturated heterocycles. The van der Waals surface area contributed by atoms with Gasteiger partial charge in [-0.3, -0.25) is 9.59 Å². The number of ether oxygens (including phenoxy) is 1. The van der Waals surface area contributed by atoms with Crippen molar-refractivity contribution in [2.45, 2.75) is 83.7 Å². The van der Waals surface area contributed by atoms with Crippen LogP contribution in [0.1, 0.15) is 54.4 Å². The van der Waals surface area contributed by atoms with Crippen molar-refractivity contribution < 1.29 is 38.3 Å². The van der Waals surface area contributed by atoms with Crippen molar-refractivity contribution in [2.24, 2.45) is 16.5 Å². The number of benzene rings is 2. The first-order chi connectivity index (χ1) is 22.0. The Morgan fingerprint density at radius 2 is 1.64 bits per heavy atom. The molecule has 12 nitrogen and oxygen atoms in total. The summed E-state index contributed by atoms with van der Waals surface area (Å²) >= 11 is 0. The van der Waals surface area contributed by atoms with E-state index in [9.17, 15) is 24.3 Å². The number of likely N-dealkylation sites (tertiary alicyclic amines) is 1. The van der Waals surface area contributed by atoms with Crippen molar-refractivity contribution in [2.75, 3.05) is 6.54 Å². The summed E-state index contributed by atoms with van der Waals surface area (Å²) in [7, 11) is 0. The molecule has 3 amide bonds. The van der Waals surface area contributed by atoms with Gasteiger partial charge in [-0.2, -0.15) is 0 Å². The van der Waals surface area contributed by atoms with E-state index in [0.29, 0.717) is 27.3 Å². The van der Waals surface area contributed by atoms with E-state index in [1.165, 1.54) is 11.0 Å². The fraction of sp³-hybridized carbons (Fsp3) is 0.457. The summed E-state index contributed by atoms with van der Waals surface area (Å²) in [5, 5.41) is 21.8. The lowest BCUT2D eigenvalue weighted by Gasteiger charge is -2.35. The van der Waals surface area contributed by atoms with E-state index in [1.54, 1.807) is 41.5 Å². The Bertz CT molecular complexity index is 1750. The molecule has 250 valence electrons. The van der Waals surface area contributed by atoms with Crippen LogP contribution in [0.4, 0.5) is 4.79 Å². The maximum Gasteiger partial charge on any atom is 0.408 e. The van der Waals surface area contributed by atoms with Gasteiger partial charge in [0.15, 0.2) is 0 Å². The monoisotopic (exact) mass is 646 g/mol. The number of carbonyl (C=O) groups excluding carboxylic acids is 3. The Morgan fingerprint density at radius 1 is 1.04 bits per heavy atom. The smallest absolute Gasteiger partial charge is 0.408 e. The van der Waals surface area contributed by atoms with Crippen LogP contribution in [0.2, 0.25) is 0 Å². The average molecular weight is 647 g/mol. The van der Waals surface area contributed by atoms with E-state index in [-0.39, 0.29) is 19.4 Å². The molecule has 47 heavy (non-hydrogen) atoms. The van der Waals surface area contributed by atoms with Crippen LogP contribution in [0.15, 0.2) is 70.8 Å². The fourth-order valence-corrected chi connectivity index (χ4v) is 5.92. The van der Waals surface area contributed by atoms with E-state index in [1.807, 2.05) is 48.5 Å². The molecule has 2 aromatic carbocycles. The summed E-state index contributed by atoms with van der Waals surface area (Å²) in [6, 6.07) is 12.6. The zero-order chi connectivity index (χ0) is 34.3. The maximum absolute atomic E-state index is 14.3. The number of nitrogens with zero attached hydrogens (tertiary/aromatic N) is 2. The van der Waals surface area contributed by atoms with Gasteiger partial charge in [-0.25, -0.2) is 9.59 Å². The number of nitrogens with one attached hydrogen (secondary N) is 2. The molecule has 3 aromatic rings. The second-order valence-corrected chi connectivity index (χ2v) is 14.3. The van der Waals surface area contributed by atoms with Gasteiger partial charge in [0.25, 0.3) is 0 Å². The predicted molar refractivity (Wildman–Crippen MR) is 174 cm³/mol. The minimum atomic E-state index is -1.50. The highest BCUT2D eigenvalue weighted by molar-refractivity contribution is 5.96. The summed E-state index contributed by atoms with van der Waals surface area (Å²) in [6.07, 6.45) is 0.210. The van der Waals surface area contributed by atoms with Gasteiger partial charge in [0.2, 0.25) is 11.8 Å². The molecule has 12 heteroatoms. The van der Waals surface area contributed by atoms with Crippen molar-refractivity contribution >= 4 is 45.8 Å². The molecule has 1 saturated carbocycles. The molecule has 0 unspecified atom stereocenters. The Kier molecular flexibility index (Phi) is 8.83. The van der Waals surface area contributed by atoms with Crippen LogP contribution in [0.3, 0.4) is 0 Å². The molecule has 3 N–H and O–H groups in total. The van der Waals surface area contributed by atoms with Crippen LogP contribution in [0, 0.1) is 11.3 Å². The topological polar surface area (TPSA) is 160 Å². The number of hydrogen-bond acceptors (Lipinski definition) is 8. The van der Waals surface area contributed by atoms with Gasteiger partial charge >= 0.3 is 12.1 Å². The third-order valence-corrected chi connectivity index (χ3v) is 8.45. The van der Waals surface area contributed by atoms with Crippen LogP contribution in [-0.2, 0) is 24.0 Å². The van der Waals surface area contributed by atoms with Gasteiger partial charge < -0.3 is 34.6 Å². The standard InChI is InChI=1S/C35H42N4O8/c1-8-20-18-35(20,31(42)43)37-29(40)24-17-21(19-39(24)30(41)28(33(2,3)4)36-32(44)46-34(5,6)7)47-38-27-22-13-9-11-15-25(22)45-26-16-12-10-14-23(26)27/h8-16,20-21,24,28H,1,17-19H2,2-7H3,(H,36,44)(H,37,40)(H,42,43)/t20-,21-,24+,28-,35+/m1/s1. The van der Waals surface area contributed by atoms with Crippen molar-refractivity contribution in [3.8, 4) is 0 Å². The Hall–Kier alpha value is -4.87. The number of carboxylic acid groups (broad SMARTS) is 1. The lowest BCUT2D eigenvalue weighted by molar-refractivity contribution is -0.146. The van der Waals surface area contributed by atoms with Gasteiger partial charge in [-0.15, -0.1) is 6.58 Å². The minimum absolute atomic E-state index is 0.0336. The number of hydrogen-bond donors (Lipinski definition) is 3. The normalized spacial score (nSPS) is 23.1. The predicted octanol–water partition coefficient (Wildman–Crippen LogP) is 4.47. The zero-order valence-corrected chi connectivity index (χ0v) is 27.5. The molecule has 2 heterocycles. The number of para-hydroxylation sites is 2. The number of carbonyl (C=O) groups is 4. The molecular weight excluding hydrogens is 604 g/mol. The molecule has 1 aromatic heterocycles. The lowest BCUT2D eigenvalue weighted by Crippen LogP contribution is -2.59. The number of fused-ring (bicyclic) bond motifs is 2. The van der Waals surface area contributed by atoms with Crippen molar-refractivity contribution in [3.05, 3.63) is 66.5 Å². The zero-order valence-electron chi connectivity index (χ0n) is 27.5. The highest BCUT2D eigenvalue weighted by atomic mass is 16.6. The molecule has 0 bridgehead atoms. The first-order valence-corrected chi connectivity index (χ1v) is 15.6. The van der Waals surface area contributed by atoms with E-state index in [4.69, 9.17) is 14.0 Å². The number of amides is 3. The Balaban J connectivity index is 1.49. The summed E-state index contributed by atoms with van der Waals surface area (Å²) in [6.45, 7) is 14.2. The Morgan fingerprint density at radius 3 is 2.15 bits per heavy atom. The Labute approximate surface area is 272 Å². The molecule has 1 aliphatic carbocycles. The van der Waals surface area contributed by atoms with Gasteiger partial charge in [-0.1, -0.05) is 56.3 Å². The molecule has 2 fully saturated rings. The van der Waals surface area contributed by atoms with Gasteiger partial charge in [-0.05, 0) is 56.9 Å². The van der Waals surface area contributed by atoms with E-state index in [2.05, 4.69) is 22.4 Å². The number of rotatable bonds is 8. The van der Waals surface area contributed by atoms with Crippen LogP contribution in [-0.4, -0.2) is 69.8 Å². The first kappa shape index (κ1) is 33.5. The van der Waals surface area contributed by atoms with Crippen LogP contribution in [0.5, 0.6) is 0 Å². The van der Waals surface area contributed by atoms with Gasteiger partial charge in [0, 0.05) is 23.1 Å². The van der Waals surface area contributed by atoms with Crippen LogP contribution < -0.4 is 16.0 Å². The van der Waals surface area contributed by atoms with Gasteiger partial charge in [0.05, 0.1) is 6.54 Å². The molecule has 0 spiro atoms. The fourth-order valence-electron chi connectivity index (χ4n) is 5.92. The highest BCUT2D eigenvalue weighted by Gasteiger charge is 2.61. The van der Waals surface area contributed by atoms with Gasteiger partial charge in [0.1, 0.15) is 45.9 Å². The largest absolute Gasteiger partial charge is 0.479 e. The molecule has 1 aliphatic heterocycles. The molecular formula is C35H42N4O8. The molecule has 5 rings (SSSR count). The van der Waals surface area contributed by atoms with Crippen molar-refractivity contribution in [1.29, 1.82) is 0 Å². The number of aliphatic carboxylic acids is 1. The molecule has 5 atom stereocenters. The van der Waals surface area contributed by atoms with E-state index in [0.717, 1.165) is 0 Å². The van der Waals surface area contributed by atoms with Crippen LogP contribution >= 0.6 is 0 Å². The second-order valence-electron chi connectivity index (χ2n) is 14.3. The molecule has 2 aliphatic rings. The SMILES string of the molecule is C=C[C@@H]1C[C@@]1(NC(=O)[C@@H]1C[C@@H](ON=c2c3ccccc3oc3ccccc23)CN1C(=O)[C@@H](NC(=O)OC(C)(C)C)C(C)(C)C)C(=O)O. The van der Waals surface area contributed by atoms with E-state index < -0.39 is 64.5 Å². The third-order valence-electron chi connectivity index (χ3n) is 8.45. The number of carboxylic acids is 1. The lowest BCUT2D eigenvalue weighted by atomic mass is 9.85. The second kappa shape index (κ2) is 12.4. The minimum Gasteiger partial charge on any atom is -0.479 e. The van der Waals surface area contributed by atoms with Crippen LogP contribution in [0.25, 0.3) is 21.9 Å². The third kappa shape index (κ3) is 6.96. The summed E-state index contributed by atoms with van der Waals surface area (Å²) in [4.78, 5) is 60.5.